The van der Waals surface area contributed by atoms with Crippen molar-refractivity contribution in [3.8, 4) is 0 Å². The number of hydrogen-bond acceptors (Lipinski definition) is 2. The van der Waals surface area contributed by atoms with Gasteiger partial charge in [-0.05, 0) is 24.8 Å². The van der Waals surface area contributed by atoms with Gasteiger partial charge in [0, 0.05) is 0 Å². The van der Waals surface area contributed by atoms with Gasteiger partial charge in [-0.25, -0.2) is 0 Å². The summed E-state index contributed by atoms with van der Waals surface area (Å²) in [6, 6.07) is 0. The average Bonchev–Trinajstić information content (AvgIpc) is 1.85. The highest BCUT2D eigenvalue weighted by molar-refractivity contribution is 4.93. The molecule has 12 heavy (non-hydrogen) atoms. The molecule has 0 saturated carbocycles. The molecular formula is C10H20O2. The molecule has 0 aromatic rings. The molecule has 0 saturated heterocycles. The van der Waals surface area contributed by atoms with Gasteiger partial charge in [-0.15, -0.1) is 0 Å². The summed E-state index contributed by atoms with van der Waals surface area (Å²) in [5, 5.41) is 9.97. The van der Waals surface area contributed by atoms with E-state index in [1.54, 1.807) is 13.4 Å². The number of aliphatic hydroxyl groups is 1. The van der Waals surface area contributed by atoms with Crippen LogP contribution in [0.25, 0.3) is 0 Å². The third kappa shape index (κ3) is 3.26. The molecule has 2 heteroatoms. The van der Waals surface area contributed by atoms with E-state index in [1.807, 2.05) is 33.8 Å². The van der Waals surface area contributed by atoms with Crippen LogP contribution in [0.1, 0.15) is 34.1 Å². The van der Waals surface area contributed by atoms with E-state index >= 15 is 0 Å². The summed E-state index contributed by atoms with van der Waals surface area (Å²) in [5.74, 6) is 0. The molecule has 0 heterocycles. The fourth-order valence-electron chi connectivity index (χ4n) is 0.680. The van der Waals surface area contributed by atoms with E-state index in [9.17, 15) is 5.11 Å². The van der Waals surface area contributed by atoms with Gasteiger partial charge in [-0.1, -0.05) is 20.8 Å². The summed E-state index contributed by atoms with van der Waals surface area (Å²) < 4.78 is 4.76. The Kier molecular flexibility index (Phi) is 3.78. The normalized spacial score (nSPS) is 17.8. The van der Waals surface area contributed by atoms with Crippen LogP contribution in [-0.4, -0.2) is 17.8 Å². The van der Waals surface area contributed by atoms with Crippen molar-refractivity contribution in [1.82, 2.24) is 0 Å². The molecule has 0 radical (unpaired) electrons. The summed E-state index contributed by atoms with van der Waals surface area (Å²) in [6.45, 7) is 7.90. The lowest BCUT2D eigenvalue weighted by atomic mass is 9.76. The van der Waals surface area contributed by atoms with E-state index < -0.39 is 5.60 Å². The predicted octanol–water partition coefficient (Wildman–Crippen LogP) is 2.33. The van der Waals surface area contributed by atoms with Gasteiger partial charge >= 0.3 is 0 Å². The summed E-state index contributed by atoms with van der Waals surface area (Å²) in [6.07, 6.45) is 4.05. The first-order valence-electron chi connectivity index (χ1n) is 4.21. The van der Waals surface area contributed by atoms with Gasteiger partial charge in [-0.3, -0.25) is 0 Å². The van der Waals surface area contributed by atoms with Crippen LogP contribution in [0.5, 0.6) is 0 Å². The van der Waals surface area contributed by atoms with Gasteiger partial charge in [0.2, 0.25) is 0 Å². The highest BCUT2D eigenvalue weighted by Crippen LogP contribution is 2.32. The fourth-order valence-corrected chi connectivity index (χ4v) is 0.680. The second kappa shape index (κ2) is 3.94. The Bertz CT molecular complexity index is 152. The highest BCUT2D eigenvalue weighted by Gasteiger charge is 2.33. The van der Waals surface area contributed by atoms with Crippen LogP contribution in [0.4, 0.5) is 0 Å². The van der Waals surface area contributed by atoms with E-state index in [-0.39, 0.29) is 5.41 Å². The summed E-state index contributed by atoms with van der Waals surface area (Å²) >= 11 is 0. The monoisotopic (exact) mass is 172 g/mol. The van der Waals surface area contributed by atoms with E-state index in [2.05, 4.69) is 0 Å². The van der Waals surface area contributed by atoms with Crippen molar-refractivity contribution in [2.24, 2.45) is 5.41 Å². The molecule has 0 aromatic carbocycles. The molecule has 0 spiro atoms. The molecule has 1 unspecified atom stereocenters. The predicted molar refractivity (Wildman–Crippen MR) is 50.8 cm³/mol. The lowest BCUT2D eigenvalue weighted by Crippen LogP contribution is -2.39. The molecule has 0 amide bonds. The average molecular weight is 172 g/mol. The van der Waals surface area contributed by atoms with Gasteiger partial charge in [0.15, 0.2) is 0 Å². The first kappa shape index (κ1) is 11.5. The van der Waals surface area contributed by atoms with E-state index in [0.29, 0.717) is 6.42 Å². The first-order valence-corrected chi connectivity index (χ1v) is 4.21. The van der Waals surface area contributed by atoms with Crippen LogP contribution in [0, 0.1) is 5.41 Å². The van der Waals surface area contributed by atoms with Crippen molar-refractivity contribution in [1.29, 1.82) is 0 Å². The maximum absolute atomic E-state index is 9.97. The lowest BCUT2D eigenvalue weighted by molar-refractivity contribution is -0.0386. The SMILES string of the molecule is CO/C=C/CC(C)(O)C(C)(C)C. The van der Waals surface area contributed by atoms with Crippen molar-refractivity contribution >= 4 is 0 Å². The summed E-state index contributed by atoms with van der Waals surface area (Å²) in [5.41, 5.74) is -0.785. The zero-order valence-corrected chi connectivity index (χ0v) is 8.72. The van der Waals surface area contributed by atoms with Crippen molar-refractivity contribution in [3.63, 3.8) is 0 Å². The second-order valence-corrected chi connectivity index (χ2v) is 4.34. The van der Waals surface area contributed by atoms with E-state index in [4.69, 9.17) is 4.74 Å². The molecule has 2 nitrogen and oxygen atoms in total. The quantitative estimate of drug-likeness (QED) is 0.662. The van der Waals surface area contributed by atoms with Gasteiger partial charge in [0.1, 0.15) is 0 Å². The minimum atomic E-state index is -0.679. The Morgan fingerprint density at radius 1 is 1.25 bits per heavy atom. The van der Waals surface area contributed by atoms with Gasteiger partial charge in [0.05, 0.1) is 19.0 Å². The maximum Gasteiger partial charge on any atom is 0.0785 e. The second-order valence-electron chi connectivity index (χ2n) is 4.34. The number of hydrogen-bond donors (Lipinski definition) is 1. The molecule has 72 valence electrons. The Hall–Kier alpha value is -0.500. The Labute approximate surface area is 75.2 Å². The molecule has 0 fully saturated rings. The number of ether oxygens (including phenoxy) is 1. The molecule has 1 N–H and O–H groups in total. The standard InChI is InChI=1S/C10H20O2/c1-9(2,3)10(4,11)7-6-8-12-5/h6,8,11H,7H2,1-5H3/b8-6+. The van der Waals surface area contributed by atoms with Crippen LogP contribution >= 0.6 is 0 Å². The van der Waals surface area contributed by atoms with Crippen molar-refractivity contribution < 1.29 is 9.84 Å². The zero-order chi connectivity index (χ0) is 9.83. The molecule has 0 aliphatic carbocycles. The minimum absolute atomic E-state index is 0.106. The topological polar surface area (TPSA) is 29.5 Å². The van der Waals surface area contributed by atoms with Crippen LogP contribution in [-0.2, 0) is 4.74 Å². The van der Waals surface area contributed by atoms with E-state index in [0.717, 1.165) is 0 Å². The third-order valence-corrected chi connectivity index (χ3v) is 2.36. The third-order valence-electron chi connectivity index (χ3n) is 2.36. The summed E-state index contributed by atoms with van der Waals surface area (Å²) in [7, 11) is 1.60. The van der Waals surface area contributed by atoms with Gasteiger partial charge < -0.3 is 9.84 Å². The minimum Gasteiger partial charge on any atom is -0.505 e. The lowest BCUT2D eigenvalue weighted by Gasteiger charge is -2.36. The van der Waals surface area contributed by atoms with Crippen molar-refractivity contribution in [2.45, 2.75) is 39.7 Å². The number of methoxy groups -OCH3 is 1. The van der Waals surface area contributed by atoms with E-state index in [1.165, 1.54) is 0 Å². The smallest absolute Gasteiger partial charge is 0.0785 e. The maximum atomic E-state index is 9.97. The van der Waals surface area contributed by atoms with Crippen LogP contribution in [0.2, 0.25) is 0 Å². The first-order chi connectivity index (χ1) is 5.31. The molecule has 0 aliphatic rings. The Morgan fingerprint density at radius 3 is 2.08 bits per heavy atom. The van der Waals surface area contributed by atoms with Gasteiger partial charge in [-0.2, -0.15) is 0 Å². The molecule has 0 rings (SSSR count). The Morgan fingerprint density at radius 2 is 1.75 bits per heavy atom. The van der Waals surface area contributed by atoms with Crippen molar-refractivity contribution in [3.05, 3.63) is 12.3 Å². The molecule has 1 atom stereocenters. The van der Waals surface area contributed by atoms with Crippen LogP contribution in [0.3, 0.4) is 0 Å². The van der Waals surface area contributed by atoms with Crippen LogP contribution in [0.15, 0.2) is 12.3 Å². The zero-order valence-electron chi connectivity index (χ0n) is 8.72. The van der Waals surface area contributed by atoms with Crippen LogP contribution < -0.4 is 0 Å². The molecular weight excluding hydrogens is 152 g/mol. The number of rotatable bonds is 3. The molecule has 0 bridgehead atoms. The Balaban J connectivity index is 4.14. The fraction of sp³-hybridized carbons (Fsp3) is 0.800. The molecule has 0 aliphatic heterocycles. The largest absolute Gasteiger partial charge is 0.505 e. The summed E-state index contributed by atoms with van der Waals surface area (Å²) in [4.78, 5) is 0. The highest BCUT2D eigenvalue weighted by atomic mass is 16.5. The van der Waals surface area contributed by atoms with Crippen molar-refractivity contribution in [2.75, 3.05) is 7.11 Å². The molecule has 0 aromatic heterocycles. The van der Waals surface area contributed by atoms with Gasteiger partial charge in [0.25, 0.3) is 0 Å².